The fourth-order valence-electron chi connectivity index (χ4n) is 3.15. The normalized spacial score (nSPS) is 11.7. The van der Waals surface area contributed by atoms with E-state index in [1.165, 1.54) is 23.9 Å². The maximum atomic E-state index is 12.8. The average molecular weight is 465 g/mol. The van der Waals surface area contributed by atoms with Crippen LogP contribution in [0.3, 0.4) is 0 Å². The van der Waals surface area contributed by atoms with Crippen LogP contribution < -0.4 is 4.74 Å². The first-order chi connectivity index (χ1) is 15.1. The number of carbonyl (C=O) groups is 1. The van der Waals surface area contributed by atoms with Crippen molar-refractivity contribution in [1.29, 1.82) is 0 Å². The Bertz CT molecular complexity index is 1060. The van der Waals surface area contributed by atoms with Crippen molar-refractivity contribution in [3.05, 3.63) is 77.0 Å². The highest BCUT2D eigenvalue weighted by Gasteiger charge is 2.30. The topological polar surface area (TPSA) is 59.7 Å². The van der Waals surface area contributed by atoms with E-state index < -0.39 is 17.7 Å². The van der Waals surface area contributed by atoms with Gasteiger partial charge in [0, 0.05) is 22.8 Å². The molecule has 0 saturated carbocycles. The van der Waals surface area contributed by atoms with Gasteiger partial charge < -0.3 is 14.3 Å². The van der Waals surface area contributed by atoms with Crippen LogP contribution >= 0.6 is 11.8 Å². The average Bonchev–Trinajstić information content (AvgIpc) is 3.16. The van der Waals surface area contributed by atoms with E-state index in [4.69, 9.17) is 14.3 Å². The number of halogens is 3. The summed E-state index contributed by atoms with van der Waals surface area (Å²) >= 11 is 1.31. The third-order valence-corrected chi connectivity index (χ3v) is 5.64. The van der Waals surface area contributed by atoms with Gasteiger partial charge in [-0.15, -0.1) is 11.8 Å². The summed E-state index contributed by atoms with van der Waals surface area (Å²) in [5.74, 6) is 1.65. The summed E-state index contributed by atoms with van der Waals surface area (Å²) in [6, 6.07) is 14.1. The molecule has 0 unspecified atom stereocenters. The van der Waals surface area contributed by atoms with Crippen LogP contribution in [-0.4, -0.2) is 16.8 Å². The molecule has 0 bridgehead atoms. The fraction of sp³-hybridized carbons (Fsp3) is 0.292. The van der Waals surface area contributed by atoms with Crippen molar-refractivity contribution >= 4 is 17.7 Å². The predicted molar refractivity (Wildman–Crippen MR) is 118 cm³/mol. The van der Waals surface area contributed by atoms with E-state index in [9.17, 15) is 18.0 Å². The van der Waals surface area contributed by atoms with Crippen LogP contribution in [0.1, 0.15) is 42.2 Å². The first-order valence-electron chi connectivity index (χ1n) is 9.95. The summed E-state index contributed by atoms with van der Waals surface area (Å²) in [4.78, 5) is 10.7. The molecule has 170 valence electrons. The van der Waals surface area contributed by atoms with Crippen LogP contribution in [0, 0.1) is 0 Å². The molecule has 8 heteroatoms. The van der Waals surface area contributed by atoms with Crippen LogP contribution in [0.2, 0.25) is 0 Å². The number of aliphatic carboxylic acids is 1. The maximum absolute atomic E-state index is 12.8. The molecule has 1 heterocycles. The molecule has 0 saturated heterocycles. The van der Waals surface area contributed by atoms with E-state index >= 15 is 0 Å². The van der Waals surface area contributed by atoms with E-state index in [-0.39, 0.29) is 18.3 Å². The second kappa shape index (κ2) is 10.2. The lowest BCUT2D eigenvalue weighted by atomic mass is 10.1. The zero-order valence-electron chi connectivity index (χ0n) is 17.6. The number of ether oxygens (including phenoxy) is 1. The van der Waals surface area contributed by atoms with Crippen molar-refractivity contribution in [2.45, 2.75) is 38.3 Å². The number of hydrogen-bond acceptors (Lipinski definition) is 4. The Hall–Kier alpha value is -2.87. The van der Waals surface area contributed by atoms with Gasteiger partial charge in [-0.05, 0) is 35.9 Å². The maximum Gasteiger partial charge on any atom is 0.416 e. The minimum atomic E-state index is -4.38. The molecule has 2 aromatic carbocycles. The van der Waals surface area contributed by atoms with Gasteiger partial charge in [-0.3, -0.25) is 4.79 Å². The lowest BCUT2D eigenvalue weighted by Crippen LogP contribution is -2.03. The quantitative estimate of drug-likeness (QED) is 0.370. The second-order valence-corrected chi connectivity index (χ2v) is 8.54. The molecule has 0 fully saturated rings. The summed E-state index contributed by atoms with van der Waals surface area (Å²) < 4.78 is 50.4. The van der Waals surface area contributed by atoms with Gasteiger partial charge >= 0.3 is 12.1 Å². The minimum Gasteiger partial charge on any atom is -0.489 e. The number of hydrogen-bond donors (Lipinski definition) is 1. The lowest BCUT2D eigenvalue weighted by molar-refractivity contribution is -0.137. The van der Waals surface area contributed by atoms with Crippen molar-refractivity contribution in [3.63, 3.8) is 0 Å². The first kappa shape index (κ1) is 23.8. The van der Waals surface area contributed by atoms with Gasteiger partial charge in [-0.1, -0.05) is 38.1 Å². The minimum absolute atomic E-state index is 0.0323. The van der Waals surface area contributed by atoms with Gasteiger partial charge in [-0.25, -0.2) is 0 Å². The van der Waals surface area contributed by atoms with Crippen LogP contribution in [0.5, 0.6) is 5.75 Å². The van der Waals surface area contributed by atoms with Gasteiger partial charge in [0.05, 0.1) is 11.3 Å². The molecule has 0 amide bonds. The molecule has 0 radical (unpaired) electrons. The number of alkyl halides is 3. The van der Waals surface area contributed by atoms with Crippen LogP contribution in [-0.2, 0) is 23.3 Å². The number of rotatable bonds is 9. The fourth-order valence-corrected chi connectivity index (χ4v) is 3.84. The van der Waals surface area contributed by atoms with E-state index in [0.29, 0.717) is 28.6 Å². The van der Waals surface area contributed by atoms with E-state index in [1.54, 1.807) is 6.07 Å². The Morgan fingerprint density at radius 1 is 1.12 bits per heavy atom. The molecule has 0 atom stereocenters. The van der Waals surface area contributed by atoms with Gasteiger partial charge in [0.2, 0.25) is 0 Å². The van der Waals surface area contributed by atoms with Crippen LogP contribution in [0.15, 0.2) is 59.0 Å². The Morgan fingerprint density at radius 2 is 1.84 bits per heavy atom. The smallest absolute Gasteiger partial charge is 0.416 e. The molecule has 32 heavy (non-hydrogen) atoms. The Balaban J connectivity index is 1.73. The van der Waals surface area contributed by atoms with Gasteiger partial charge in [0.1, 0.15) is 23.9 Å². The van der Waals surface area contributed by atoms with E-state index in [2.05, 4.69) is 0 Å². The highest BCUT2D eigenvalue weighted by molar-refractivity contribution is 7.99. The zero-order valence-corrected chi connectivity index (χ0v) is 18.4. The second-order valence-electron chi connectivity index (χ2n) is 7.55. The van der Waals surface area contributed by atoms with Gasteiger partial charge in [0.15, 0.2) is 0 Å². The Morgan fingerprint density at radius 3 is 2.47 bits per heavy atom. The molecule has 0 spiro atoms. The summed E-state index contributed by atoms with van der Waals surface area (Å²) in [5.41, 5.74) is 1.63. The molecule has 0 aliphatic carbocycles. The summed E-state index contributed by atoms with van der Waals surface area (Å²) in [6.07, 6.45) is -4.38. The largest absolute Gasteiger partial charge is 0.489 e. The highest BCUT2D eigenvalue weighted by atomic mass is 32.2. The molecule has 4 nitrogen and oxygen atoms in total. The molecular weight excluding hydrogens is 441 g/mol. The standard InChI is InChI=1S/C24H23F3O4S/c1-15(2)23-18(11-21(31-23)17-6-8-19(9-7-17)24(25,26)27)12-30-20-5-3-4-16(10-20)13-32-14-22(28)29/h3-11,15H,12-14H2,1-2H3,(H,28,29). The third kappa shape index (κ3) is 6.32. The van der Waals surface area contributed by atoms with Crippen molar-refractivity contribution in [2.75, 3.05) is 5.75 Å². The molecule has 0 aliphatic rings. The molecule has 1 N–H and O–H groups in total. The third-order valence-electron chi connectivity index (χ3n) is 4.65. The first-order valence-corrected chi connectivity index (χ1v) is 11.1. The van der Waals surface area contributed by atoms with Gasteiger partial charge in [-0.2, -0.15) is 13.2 Å². The number of benzene rings is 2. The van der Waals surface area contributed by atoms with Crippen molar-refractivity contribution < 1.29 is 32.2 Å². The van der Waals surface area contributed by atoms with E-state index in [0.717, 1.165) is 23.3 Å². The van der Waals surface area contributed by atoms with Crippen molar-refractivity contribution in [1.82, 2.24) is 0 Å². The SMILES string of the molecule is CC(C)c1oc(-c2ccc(C(F)(F)F)cc2)cc1COc1cccc(CSCC(=O)O)c1. The number of thioether (sulfide) groups is 1. The lowest BCUT2D eigenvalue weighted by Gasteiger charge is -2.09. The van der Waals surface area contributed by atoms with Crippen LogP contribution in [0.25, 0.3) is 11.3 Å². The number of furan rings is 1. The molecule has 0 aliphatic heterocycles. The molecule has 1 aromatic heterocycles. The number of carboxylic acid groups (broad SMARTS) is 1. The monoisotopic (exact) mass is 464 g/mol. The Kier molecular flexibility index (Phi) is 7.56. The van der Waals surface area contributed by atoms with Gasteiger partial charge in [0.25, 0.3) is 0 Å². The number of carboxylic acids is 1. The summed E-state index contributed by atoms with van der Waals surface area (Å²) in [7, 11) is 0. The summed E-state index contributed by atoms with van der Waals surface area (Å²) in [6.45, 7) is 4.18. The Labute approximate surface area is 188 Å². The molecular formula is C24H23F3O4S. The van der Waals surface area contributed by atoms with Crippen molar-refractivity contribution in [3.8, 4) is 17.1 Å². The van der Waals surface area contributed by atoms with Crippen LogP contribution in [0.4, 0.5) is 13.2 Å². The zero-order chi connectivity index (χ0) is 23.3. The summed E-state index contributed by atoms with van der Waals surface area (Å²) in [5, 5.41) is 8.76. The molecule has 3 aromatic rings. The van der Waals surface area contributed by atoms with Crippen molar-refractivity contribution in [2.24, 2.45) is 0 Å². The highest BCUT2D eigenvalue weighted by Crippen LogP contribution is 2.34. The predicted octanol–water partition coefficient (Wildman–Crippen LogP) is 6.99. The van der Waals surface area contributed by atoms with E-state index in [1.807, 2.05) is 38.1 Å². The molecule has 3 rings (SSSR count).